The second-order valence-corrected chi connectivity index (χ2v) is 5.04. The Balaban J connectivity index is 2.25. The van der Waals surface area contributed by atoms with Crippen molar-refractivity contribution in [2.24, 2.45) is 0 Å². The molecule has 0 saturated heterocycles. The number of allylic oxidation sites excluding steroid dienone is 2. The molecule has 0 saturated carbocycles. The summed E-state index contributed by atoms with van der Waals surface area (Å²) in [5.41, 5.74) is 1.47. The van der Waals surface area contributed by atoms with E-state index >= 15 is 0 Å². The number of hydrogen-bond acceptors (Lipinski definition) is 4. The van der Waals surface area contributed by atoms with Crippen LogP contribution in [0.1, 0.15) is 29.8 Å². The number of nitrogens with zero attached hydrogens (tertiary/aromatic N) is 3. The van der Waals surface area contributed by atoms with Crippen molar-refractivity contribution in [1.82, 2.24) is 14.7 Å². The van der Waals surface area contributed by atoms with Gasteiger partial charge in [-0.3, -0.25) is 9.48 Å². The molecule has 0 N–H and O–H groups in total. The number of rotatable bonds is 6. The number of aromatic nitrogens is 2. The summed E-state index contributed by atoms with van der Waals surface area (Å²) in [6, 6.07) is 0. The summed E-state index contributed by atoms with van der Waals surface area (Å²) in [5.74, 6) is 0.627. The van der Waals surface area contributed by atoms with Gasteiger partial charge in [-0.15, -0.1) is 0 Å². The summed E-state index contributed by atoms with van der Waals surface area (Å²) in [6.45, 7) is 1.52. The van der Waals surface area contributed by atoms with E-state index in [9.17, 15) is 4.79 Å². The number of ether oxygens (including phenoxy) is 1. The van der Waals surface area contributed by atoms with Crippen LogP contribution in [0.2, 0.25) is 0 Å². The third kappa shape index (κ3) is 3.04. The van der Waals surface area contributed by atoms with Gasteiger partial charge in [-0.1, -0.05) is 6.08 Å². The smallest absolute Gasteiger partial charge is 0.210 e. The van der Waals surface area contributed by atoms with Gasteiger partial charge in [-0.25, -0.2) is 0 Å². The first-order valence-corrected chi connectivity index (χ1v) is 6.61. The fourth-order valence-electron chi connectivity index (χ4n) is 2.24. The van der Waals surface area contributed by atoms with Gasteiger partial charge in [0.15, 0.2) is 11.4 Å². The highest BCUT2D eigenvalue weighted by Gasteiger charge is 2.23. The van der Waals surface area contributed by atoms with E-state index in [2.05, 4.69) is 10.00 Å². The lowest BCUT2D eigenvalue weighted by Crippen LogP contribution is -2.22. The van der Waals surface area contributed by atoms with Gasteiger partial charge in [0, 0.05) is 6.54 Å². The molecule has 0 unspecified atom stereocenters. The molecule has 0 spiro atoms. The Morgan fingerprint density at radius 1 is 1.53 bits per heavy atom. The molecule has 0 bridgehead atoms. The third-order valence-electron chi connectivity index (χ3n) is 3.33. The van der Waals surface area contributed by atoms with Gasteiger partial charge in [0.2, 0.25) is 5.78 Å². The minimum absolute atomic E-state index is 0.0607. The summed E-state index contributed by atoms with van der Waals surface area (Å²) in [5, 5.41) is 4.27. The molecular weight excluding hydrogens is 242 g/mol. The largest absolute Gasteiger partial charge is 0.493 e. The Hall–Kier alpha value is -1.62. The topological polar surface area (TPSA) is 47.4 Å². The van der Waals surface area contributed by atoms with Gasteiger partial charge in [0.1, 0.15) is 0 Å². The normalized spacial score (nSPS) is 14.8. The number of carbonyl (C=O) groups excluding carboxylic acids is 1. The highest BCUT2D eigenvalue weighted by molar-refractivity contribution is 6.09. The van der Waals surface area contributed by atoms with Crippen LogP contribution in [-0.2, 0) is 6.54 Å². The second-order valence-electron chi connectivity index (χ2n) is 5.04. The lowest BCUT2D eigenvalue weighted by Gasteiger charge is -2.12. The van der Waals surface area contributed by atoms with Crippen molar-refractivity contribution in [2.45, 2.75) is 25.8 Å². The molecule has 1 aliphatic carbocycles. The van der Waals surface area contributed by atoms with Gasteiger partial charge in [-0.2, -0.15) is 5.10 Å². The van der Waals surface area contributed by atoms with E-state index < -0.39 is 0 Å². The van der Waals surface area contributed by atoms with Crippen molar-refractivity contribution >= 4 is 5.78 Å². The molecule has 1 heterocycles. The summed E-state index contributed by atoms with van der Waals surface area (Å²) in [7, 11) is 5.58. The van der Waals surface area contributed by atoms with Crippen molar-refractivity contribution < 1.29 is 9.53 Å². The Morgan fingerprint density at radius 3 is 2.89 bits per heavy atom. The monoisotopic (exact) mass is 263 g/mol. The SMILES string of the molecule is COc1cnn(CCN(C)C)c1C(=O)C1=CCCC1. The van der Waals surface area contributed by atoms with Crippen molar-refractivity contribution in [1.29, 1.82) is 0 Å². The molecule has 5 heteroatoms. The molecule has 0 radical (unpaired) electrons. The zero-order chi connectivity index (χ0) is 13.8. The van der Waals surface area contributed by atoms with Crippen LogP contribution in [0.4, 0.5) is 0 Å². The van der Waals surface area contributed by atoms with E-state index in [4.69, 9.17) is 4.74 Å². The first kappa shape index (κ1) is 13.8. The van der Waals surface area contributed by atoms with Crippen LogP contribution < -0.4 is 4.74 Å². The van der Waals surface area contributed by atoms with Gasteiger partial charge in [-0.05, 0) is 38.9 Å². The number of methoxy groups -OCH3 is 1. The molecule has 104 valence electrons. The van der Waals surface area contributed by atoms with Crippen molar-refractivity contribution in [3.63, 3.8) is 0 Å². The number of likely N-dealkylation sites (N-methyl/N-ethyl adjacent to an activating group) is 1. The Bertz CT molecular complexity index is 489. The molecular formula is C14H21N3O2. The van der Waals surface area contributed by atoms with E-state index in [1.807, 2.05) is 20.2 Å². The number of ketones is 1. The van der Waals surface area contributed by atoms with Gasteiger partial charge in [0.25, 0.3) is 0 Å². The summed E-state index contributed by atoms with van der Waals surface area (Å²) in [6.07, 6.45) is 6.58. The molecule has 0 aliphatic heterocycles. The number of Topliss-reactive ketones (excluding diaryl/α,β-unsaturated/α-hetero) is 1. The lowest BCUT2D eigenvalue weighted by molar-refractivity contribution is 0.101. The summed E-state index contributed by atoms with van der Waals surface area (Å²) in [4.78, 5) is 14.6. The quantitative estimate of drug-likeness (QED) is 0.734. The summed E-state index contributed by atoms with van der Waals surface area (Å²) >= 11 is 0. The predicted molar refractivity (Wildman–Crippen MR) is 73.6 cm³/mol. The van der Waals surface area contributed by atoms with Crippen LogP contribution >= 0.6 is 0 Å². The van der Waals surface area contributed by atoms with Crippen molar-refractivity contribution in [3.05, 3.63) is 23.5 Å². The minimum atomic E-state index is 0.0607. The van der Waals surface area contributed by atoms with Crippen LogP contribution in [0.5, 0.6) is 5.75 Å². The fraction of sp³-hybridized carbons (Fsp3) is 0.571. The van der Waals surface area contributed by atoms with Gasteiger partial charge < -0.3 is 9.64 Å². The van der Waals surface area contributed by atoms with Crippen LogP contribution in [0.3, 0.4) is 0 Å². The van der Waals surface area contributed by atoms with Crippen LogP contribution in [0.15, 0.2) is 17.8 Å². The third-order valence-corrected chi connectivity index (χ3v) is 3.33. The minimum Gasteiger partial charge on any atom is -0.493 e. The van der Waals surface area contributed by atoms with Crippen LogP contribution in [-0.4, -0.2) is 48.2 Å². The van der Waals surface area contributed by atoms with Crippen molar-refractivity contribution in [2.75, 3.05) is 27.7 Å². The van der Waals surface area contributed by atoms with Crippen molar-refractivity contribution in [3.8, 4) is 5.75 Å². The predicted octanol–water partition coefficient (Wildman–Crippen LogP) is 1.75. The van der Waals surface area contributed by atoms with Crippen LogP contribution in [0, 0.1) is 0 Å². The number of hydrogen-bond donors (Lipinski definition) is 0. The maximum Gasteiger partial charge on any atom is 0.210 e. The summed E-state index contributed by atoms with van der Waals surface area (Å²) < 4.78 is 7.02. The second kappa shape index (κ2) is 6.02. The molecule has 19 heavy (non-hydrogen) atoms. The average molecular weight is 263 g/mol. The molecule has 2 rings (SSSR count). The first-order valence-electron chi connectivity index (χ1n) is 6.61. The molecule has 5 nitrogen and oxygen atoms in total. The molecule has 0 amide bonds. The zero-order valence-corrected chi connectivity index (χ0v) is 11.8. The lowest BCUT2D eigenvalue weighted by atomic mass is 10.1. The zero-order valence-electron chi connectivity index (χ0n) is 11.8. The van der Waals surface area contributed by atoms with E-state index in [-0.39, 0.29) is 5.78 Å². The molecule has 1 aromatic rings. The standard InChI is InChI=1S/C14H21N3O2/c1-16(2)8-9-17-13(12(19-3)10-15-17)14(18)11-6-4-5-7-11/h6,10H,4-5,7-9H2,1-3H3. The Morgan fingerprint density at radius 2 is 2.32 bits per heavy atom. The highest BCUT2D eigenvalue weighted by Crippen LogP contribution is 2.26. The first-order chi connectivity index (χ1) is 9.13. The molecule has 0 aromatic carbocycles. The van der Waals surface area contributed by atoms with E-state index in [0.717, 1.165) is 31.4 Å². The van der Waals surface area contributed by atoms with Gasteiger partial charge >= 0.3 is 0 Å². The molecule has 0 fully saturated rings. The van der Waals surface area contributed by atoms with E-state index in [0.29, 0.717) is 18.0 Å². The van der Waals surface area contributed by atoms with Crippen LogP contribution in [0.25, 0.3) is 0 Å². The highest BCUT2D eigenvalue weighted by atomic mass is 16.5. The maximum absolute atomic E-state index is 12.5. The Kier molecular flexibility index (Phi) is 4.37. The van der Waals surface area contributed by atoms with E-state index in [1.165, 1.54) is 0 Å². The maximum atomic E-state index is 12.5. The fourth-order valence-corrected chi connectivity index (χ4v) is 2.24. The molecule has 1 aromatic heterocycles. The van der Waals surface area contributed by atoms with E-state index in [1.54, 1.807) is 18.0 Å². The molecule has 0 atom stereocenters. The van der Waals surface area contributed by atoms with Gasteiger partial charge in [0.05, 0.1) is 19.9 Å². The average Bonchev–Trinajstić information content (AvgIpc) is 3.04. The molecule has 1 aliphatic rings. The Labute approximate surface area is 113 Å². The number of carbonyl (C=O) groups is 1.